The molecule has 0 unspecified atom stereocenters. The molecular weight excluding hydrogens is 373 g/mol. The van der Waals surface area contributed by atoms with Crippen LogP contribution in [0.5, 0.6) is 0 Å². The molecule has 7 nitrogen and oxygen atoms in total. The minimum absolute atomic E-state index is 0.0413. The smallest absolute Gasteiger partial charge is 0.156 e. The van der Waals surface area contributed by atoms with Gasteiger partial charge >= 0.3 is 0 Å². The predicted octanol–water partition coefficient (Wildman–Crippen LogP) is 2.31. The fourth-order valence-corrected chi connectivity index (χ4v) is 6.70. The van der Waals surface area contributed by atoms with Gasteiger partial charge in [-0.05, 0) is 59.9 Å². The molecule has 1 saturated heterocycles. The van der Waals surface area contributed by atoms with E-state index in [9.17, 15) is 18.0 Å². The molecule has 1 aromatic carbocycles. The molecule has 1 aliphatic heterocycles. The highest BCUT2D eigenvalue weighted by molar-refractivity contribution is 7.92. The molecule has 0 atom stereocenters. The molecule has 0 radical (unpaired) electrons. The van der Waals surface area contributed by atoms with Crippen LogP contribution in [0.25, 0.3) is 0 Å². The average molecular weight is 393 g/mol. The summed E-state index contributed by atoms with van der Waals surface area (Å²) in [6.45, 7) is 1.67. The van der Waals surface area contributed by atoms with Gasteiger partial charge in [0.1, 0.15) is 17.2 Å². The van der Waals surface area contributed by atoms with Crippen molar-refractivity contribution in [3.63, 3.8) is 0 Å². The second-order valence-electron chi connectivity index (χ2n) is 7.88. The Labute approximate surface area is 156 Å². The summed E-state index contributed by atoms with van der Waals surface area (Å²) in [5, 5.41) is 20.6. The Balaban J connectivity index is 1.44. The van der Waals surface area contributed by atoms with Gasteiger partial charge in [0.05, 0.1) is 11.5 Å². The molecule has 0 bridgehead atoms. The number of halogens is 1. The van der Waals surface area contributed by atoms with Crippen LogP contribution in [0.15, 0.2) is 28.0 Å². The molecule has 1 N–H and O–H groups in total. The van der Waals surface area contributed by atoms with Crippen molar-refractivity contribution < 1.29 is 22.6 Å². The van der Waals surface area contributed by atoms with E-state index < -0.39 is 9.84 Å². The minimum Gasteiger partial charge on any atom is -0.411 e. The van der Waals surface area contributed by atoms with Gasteiger partial charge in [-0.25, -0.2) is 17.4 Å². The Morgan fingerprint density at radius 1 is 1.37 bits per heavy atom. The molecule has 1 aliphatic carbocycles. The largest absolute Gasteiger partial charge is 0.411 e. The first kappa shape index (κ1) is 18.1. The lowest BCUT2D eigenvalue weighted by Crippen LogP contribution is -2.56. The van der Waals surface area contributed by atoms with Crippen LogP contribution in [0.3, 0.4) is 0 Å². The number of hydrogen-bond donors (Lipinski definition) is 1. The number of aryl methyl sites for hydroxylation is 1. The lowest BCUT2D eigenvalue weighted by molar-refractivity contribution is 0.0856. The maximum absolute atomic E-state index is 13.4. The lowest BCUT2D eigenvalue weighted by atomic mass is 9.62. The summed E-state index contributed by atoms with van der Waals surface area (Å²) in [6, 6.07) is 4.70. The van der Waals surface area contributed by atoms with Crippen LogP contribution >= 0.6 is 0 Å². The molecule has 1 saturated carbocycles. The molecular formula is C18H20FN3O4S. The molecule has 2 fully saturated rings. The van der Waals surface area contributed by atoms with Gasteiger partial charge in [0.2, 0.25) is 0 Å². The van der Waals surface area contributed by atoms with Crippen LogP contribution in [0.2, 0.25) is 0 Å². The van der Waals surface area contributed by atoms with Crippen LogP contribution < -0.4 is 0 Å². The topological polar surface area (TPSA) is 106 Å². The van der Waals surface area contributed by atoms with Crippen molar-refractivity contribution >= 4 is 15.5 Å². The summed E-state index contributed by atoms with van der Waals surface area (Å²) in [5.74, 6) is 0.600. The molecule has 9 heteroatoms. The Bertz CT molecular complexity index is 995. The van der Waals surface area contributed by atoms with Gasteiger partial charge in [0, 0.05) is 6.42 Å². The highest BCUT2D eigenvalue weighted by Gasteiger charge is 2.56. The third kappa shape index (κ3) is 3.47. The number of nitrogens with zero attached hydrogens (tertiary/aromatic N) is 3. The zero-order valence-corrected chi connectivity index (χ0v) is 15.7. The molecule has 4 rings (SSSR count). The van der Waals surface area contributed by atoms with Gasteiger partial charge < -0.3 is 5.21 Å². The third-order valence-corrected chi connectivity index (χ3v) is 7.63. The minimum atomic E-state index is -2.83. The molecule has 27 heavy (non-hydrogen) atoms. The summed E-state index contributed by atoms with van der Waals surface area (Å²) in [5.41, 5.74) is 2.56. The Kier molecular flexibility index (Phi) is 4.29. The van der Waals surface area contributed by atoms with Crippen molar-refractivity contribution in [3.05, 3.63) is 46.5 Å². The maximum Gasteiger partial charge on any atom is 0.156 e. The number of sulfone groups is 1. The predicted molar refractivity (Wildman–Crippen MR) is 95.0 cm³/mol. The van der Waals surface area contributed by atoms with Gasteiger partial charge in [0.25, 0.3) is 0 Å². The number of oxime groups is 1. The van der Waals surface area contributed by atoms with E-state index in [4.69, 9.17) is 4.63 Å². The number of rotatable bonds is 5. The summed E-state index contributed by atoms with van der Waals surface area (Å²) < 4.78 is 41.1. The fraction of sp³-hybridized carbons (Fsp3) is 0.500. The number of aromatic nitrogens is 2. The van der Waals surface area contributed by atoms with Crippen LogP contribution in [0, 0.1) is 24.1 Å². The van der Waals surface area contributed by atoms with Crippen LogP contribution in [0.4, 0.5) is 4.39 Å². The van der Waals surface area contributed by atoms with E-state index in [1.165, 1.54) is 6.07 Å². The van der Waals surface area contributed by atoms with E-state index in [0.717, 1.165) is 18.4 Å². The second-order valence-corrected chi connectivity index (χ2v) is 9.94. The van der Waals surface area contributed by atoms with Crippen molar-refractivity contribution in [3.8, 4) is 0 Å². The van der Waals surface area contributed by atoms with Gasteiger partial charge in [-0.15, -0.1) is 0 Å². The van der Waals surface area contributed by atoms with Gasteiger partial charge in [0.15, 0.2) is 15.5 Å². The van der Waals surface area contributed by atoms with Gasteiger partial charge in [-0.3, -0.25) is 0 Å². The maximum atomic E-state index is 13.4. The van der Waals surface area contributed by atoms with Gasteiger partial charge in [-0.2, -0.15) is 0 Å². The monoisotopic (exact) mass is 393 g/mol. The number of hydrogen-bond acceptors (Lipinski definition) is 7. The first-order chi connectivity index (χ1) is 12.8. The normalized spacial score (nSPS) is 21.0. The quantitative estimate of drug-likeness (QED) is 0.475. The fourth-order valence-electron chi connectivity index (χ4n) is 4.45. The first-order valence-electron chi connectivity index (χ1n) is 8.77. The molecule has 2 aliphatic rings. The van der Waals surface area contributed by atoms with Crippen molar-refractivity contribution in [1.82, 2.24) is 10.3 Å². The standard InChI is InChI=1S/C18H20FN3O4S/c1-11-4-12(2-3-14(11)19)5-15(20-23)17-16(21-26-22-17)6-13-7-18(8-13)9-27(24,25)10-18/h2-4,13,23H,5-10H2,1H3. The van der Waals surface area contributed by atoms with Crippen molar-refractivity contribution in [2.75, 3.05) is 11.5 Å². The van der Waals surface area contributed by atoms with E-state index in [1.54, 1.807) is 19.1 Å². The summed E-state index contributed by atoms with van der Waals surface area (Å²) >= 11 is 0. The lowest BCUT2D eigenvalue weighted by Gasteiger charge is -2.53. The molecule has 144 valence electrons. The SMILES string of the molecule is Cc1cc(CC(=NO)c2nonc2CC2CC3(C2)CS(=O)(=O)C3)ccc1F. The molecule has 1 spiro atoms. The third-order valence-electron chi connectivity index (χ3n) is 5.52. The molecule has 2 heterocycles. The summed E-state index contributed by atoms with van der Waals surface area (Å²) in [6.07, 6.45) is 2.57. The molecule has 2 aromatic rings. The van der Waals surface area contributed by atoms with E-state index in [0.29, 0.717) is 35.0 Å². The van der Waals surface area contributed by atoms with E-state index in [2.05, 4.69) is 15.5 Å². The van der Waals surface area contributed by atoms with E-state index >= 15 is 0 Å². The molecule has 1 aromatic heterocycles. The number of benzene rings is 1. The van der Waals surface area contributed by atoms with E-state index in [-0.39, 0.29) is 29.2 Å². The Morgan fingerprint density at radius 3 is 2.74 bits per heavy atom. The van der Waals surface area contributed by atoms with E-state index in [1.807, 2.05) is 0 Å². The van der Waals surface area contributed by atoms with Crippen LogP contribution in [0.1, 0.15) is 35.4 Å². The van der Waals surface area contributed by atoms with Crippen molar-refractivity contribution in [1.29, 1.82) is 0 Å². The first-order valence-corrected chi connectivity index (χ1v) is 10.6. The summed E-state index contributed by atoms with van der Waals surface area (Å²) in [4.78, 5) is 0. The van der Waals surface area contributed by atoms with Crippen molar-refractivity contribution in [2.45, 2.75) is 32.6 Å². The van der Waals surface area contributed by atoms with Crippen molar-refractivity contribution in [2.24, 2.45) is 16.5 Å². The second kappa shape index (κ2) is 6.40. The zero-order valence-electron chi connectivity index (χ0n) is 14.9. The summed E-state index contributed by atoms with van der Waals surface area (Å²) in [7, 11) is -2.83. The zero-order chi connectivity index (χ0) is 19.2. The Hall–Kier alpha value is -2.29. The Morgan fingerprint density at radius 2 is 2.11 bits per heavy atom. The van der Waals surface area contributed by atoms with Gasteiger partial charge in [-0.1, -0.05) is 22.4 Å². The highest BCUT2D eigenvalue weighted by atomic mass is 32.2. The highest BCUT2D eigenvalue weighted by Crippen LogP contribution is 2.54. The molecule has 0 amide bonds. The average Bonchev–Trinajstić information content (AvgIpc) is 3.00. The van der Waals surface area contributed by atoms with Crippen LogP contribution in [-0.4, -0.2) is 41.2 Å². The van der Waals surface area contributed by atoms with Crippen LogP contribution in [-0.2, 0) is 22.7 Å².